The summed E-state index contributed by atoms with van der Waals surface area (Å²) in [4.78, 5) is 16.7. The molecule has 3 rings (SSSR count). The predicted molar refractivity (Wildman–Crippen MR) is 120 cm³/mol. The van der Waals surface area contributed by atoms with Gasteiger partial charge in [0, 0.05) is 34.9 Å². The Bertz CT molecular complexity index is 816. The Morgan fingerprint density at radius 2 is 2.21 bits per heavy atom. The maximum Gasteiger partial charge on any atom is 0.192 e. The Balaban J connectivity index is 1.91. The highest BCUT2D eigenvalue weighted by Crippen LogP contribution is 2.47. The average molecular weight is 436 g/mol. The third-order valence-corrected chi connectivity index (χ3v) is 7.56. The summed E-state index contributed by atoms with van der Waals surface area (Å²) in [7, 11) is 1.56. The van der Waals surface area contributed by atoms with E-state index in [0.717, 1.165) is 24.4 Å². The van der Waals surface area contributed by atoms with Gasteiger partial charge < -0.3 is 14.7 Å². The third-order valence-electron chi connectivity index (χ3n) is 5.93. The number of hydrogen-bond donors (Lipinski definition) is 1. The van der Waals surface area contributed by atoms with E-state index < -0.39 is 0 Å². The lowest BCUT2D eigenvalue weighted by Crippen LogP contribution is -2.28. The first-order chi connectivity index (χ1) is 14.0. The molecule has 1 fully saturated rings. The van der Waals surface area contributed by atoms with Crippen molar-refractivity contribution in [2.45, 2.75) is 46.0 Å². The molecular formula is C23H30ClNO3S. The minimum absolute atomic E-state index is 0.102. The summed E-state index contributed by atoms with van der Waals surface area (Å²) in [5.41, 5.74) is 1.70. The maximum atomic E-state index is 13.1. The summed E-state index contributed by atoms with van der Waals surface area (Å²) in [6.45, 7) is 5.42. The first-order valence-electron chi connectivity index (χ1n) is 10.3. The Hall–Kier alpha value is -1.43. The smallest absolute Gasteiger partial charge is 0.192 e. The number of aliphatic hydroxyl groups excluding tert-OH is 1. The van der Waals surface area contributed by atoms with Crippen LogP contribution >= 0.6 is 23.4 Å². The number of allylic oxidation sites excluding steroid dienone is 3. The van der Waals surface area contributed by atoms with E-state index in [4.69, 9.17) is 16.3 Å². The van der Waals surface area contributed by atoms with E-state index >= 15 is 0 Å². The number of aliphatic hydroxyl groups is 1. The molecule has 1 N–H and O–H groups in total. The summed E-state index contributed by atoms with van der Waals surface area (Å²) in [6, 6.07) is 5.12. The van der Waals surface area contributed by atoms with E-state index in [9.17, 15) is 9.90 Å². The van der Waals surface area contributed by atoms with Crippen molar-refractivity contribution in [2.24, 2.45) is 11.8 Å². The number of carbonyl (C=O) groups is 1. The lowest BCUT2D eigenvalue weighted by molar-refractivity contribution is 0.104. The zero-order chi connectivity index (χ0) is 21.0. The molecule has 1 heterocycles. The molecule has 1 aliphatic carbocycles. The molecule has 0 radical (unpaired) electrons. The number of ether oxygens (including phenoxy) is 1. The van der Waals surface area contributed by atoms with E-state index in [1.807, 2.05) is 0 Å². The molecule has 1 aliphatic heterocycles. The standard InChI is InChI=1S/C23H30ClNO3S/c1-4-17(10-11-26)23-15(2)25(14-16-6-5-7-16)22(29-23)13-20(27)19-12-18(24)8-9-21(19)28-3/h8-9,12-13,16-17,26H,4-7,10-11,14H2,1-3H3/b22-13-. The van der Waals surface area contributed by atoms with Crippen molar-refractivity contribution in [3.63, 3.8) is 0 Å². The number of halogens is 1. The van der Waals surface area contributed by atoms with Gasteiger partial charge in [0.15, 0.2) is 5.78 Å². The maximum absolute atomic E-state index is 13.1. The van der Waals surface area contributed by atoms with Gasteiger partial charge in [0.1, 0.15) is 5.75 Å². The number of carbonyl (C=O) groups excluding carboxylic acids is 1. The first-order valence-corrected chi connectivity index (χ1v) is 11.5. The Labute approximate surface area is 183 Å². The minimum atomic E-state index is -0.102. The molecular weight excluding hydrogens is 406 g/mol. The van der Waals surface area contributed by atoms with Crippen LogP contribution in [0.15, 0.2) is 39.9 Å². The van der Waals surface area contributed by atoms with E-state index in [1.54, 1.807) is 43.1 Å². The molecule has 1 unspecified atom stereocenters. The number of thioether (sulfide) groups is 1. The summed E-state index contributed by atoms with van der Waals surface area (Å²) in [5.74, 6) is 1.42. The topological polar surface area (TPSA) is 49.8 Å². The third kappa shape index (κ3) is 5.01. The molecule has 0 amide bonds. The molecule has 2 aliphatic rings. The normalized spacial score (nSPS) is 19.6. The van der Waals surface area contributed by atoms with Crippen molar-refractivity contribution in [1.29, 1.82) is 0 Å². The number of methoxy groups -OCH3 is 1. The number of benzene rings is 1. The van der Waals surface area contributed by atoms with Gasteiger partial charge in [-0.1, -0.05) is 36.7 Å². The van der Waals surface area contributed by atoms with Crippen LogP contribution in [-0.2, 0) is 0 Å². The largest absolute Gasteiger partial charge is 0.496 e. The molecule has 6 heteroatoms. The van der Waals surface area contributed by atoms with Crippen molar-refractivity contribution < 1.29 is 14.6 Å². The van der Waals surface area contributed by atoms with Crippen molar-refractivity contribution >= 4 is 29.1 Å². The Morgan fingerprint density at radius 1 is 1.45 bits per heavy atom. The van der Waals surface area contributed by atoms with Gasteiger partial charge in [-0.15, -0.1) is 0 Å². The van der Waals surface area contributed by atoms with Crippen LogP contribution in [0.25, 0.3) is 0 Å². The van der Waals surface area contributed by atoms with Gasteiger partial charge in [-0.3, -0.25) is 4.79 Å². The zero-order valence-electron chi connectivity index (χ0n) is 17.4. The molecule has 1 atom stereocenters. The van der Waals surface area contributed by atoms with Crippen LogP contribution < -0.4 is 4.74 Å². The average Bonchev–Trinajstić information content (AvgIpc) is 2.97. The fourth-order valence-corrected chi connectivity index (χ4v) is 5.52. The molecule has 1 aromatic rings. The molecule has 0 spiro atoms. The molecule has 0 saturated heterocycles. The summed E-state index contributed by atoms with van der Waals surface area (Å²) < 4.78 is 5.37. The van der Waals surface area contributed by atoms with Gasteiger partial charge in [-0.05, 0) is 62.6 Å². The van der Waals surface area contributed by atoms with Gasteiger partial charge in [0.2, 0.25) is 0 Å². The number of ketones is 1. The van der Waals surface area contributed by atoms with Crippen molar-refractivity contribution in [3.8, 4) is 5.75 Å². The van der Waals surface area contributed by atoms with E-state index in [1.165, 1.54) is 29.9 Å². The highest BCUT2D eigenvalue weighted by molar-refractivity contribution is 8.07. The van der Waals surface area contributed by atoms with Crippen LogP contribution in [0.3, 0.4) is 0 Å². The minimum Gasteiger partial charge on any atom is -0.496 e. The fourth-order valence-electron chi connectivity index (χ4n) is 3.93. The van der Waals surface area contributed by atoms with E-state index in [2.05, 4.69) is 18.7 Å². The Morgan fingerprint density at radius 3 is 2.79 bits per heavy atom. The predicted octanol–water partition coefficient (Wildman–Crippen LogP) is 5.86. The molecule has 4 nitrogen and oxygen atoms in total. The molecule has 0 bridgehead atoms. The van der Waals surface area contributed by atoms with Gasteiger partial charge in [-0.25, -0.2) is 0 Å². The molecule has 1 saturated carbocycles. The van der Waals surface area contributed by atoms with Gasteiger partial charge in [0.25, 0.3) is 0 Å². The molecule has 158 valence electrons. The van der Waals surface area contributed by atoms with Gasteiger partial charge in [-0.2, -0.15) is 0 Å². The molecule has 29 heavy (non-hydrogen) atoms. The highest BCUT2D eigenvalue weighted by Gasteiger charge is 2.32. The second-order valence-corrected chi connectivity index (χ2v) is 9.27. The van der Waals surface area contributed by atoms with Crippen LogP contribution in [0.5, 0.6) is 5.75 Å². The summed E-state index contributed by atoms with van der Waals surface area (Å²) >= 11 is 7.80. The highest BCUT2D eigenvalue weighted by atomic mass is 35.5. The van der Waals surface area contributed by atoms with Crippen molar-refractivity contribution in [2.75, 3.05) is 20.3 Å². The van der Waals surface area contributed by atoms with Crippen LogP contribution in [0.2, 0.25) is 5.02 Å². The number of nitrogens with zero attached hydrogens (tertiary/aromatic N) is 1. The number of rotatable bonds is 9. The van der Waals surface area contributed by atoms with Crippen LogP contribution in [0.1, 0.15) is 56.3 Å². The van der Waals surface area contributed by atoms with Gasteiger partial charge >= 0.3 is 0 Å². The first kappa shape index (κ1) is 22.3. The van der Waals surface area contributed by atoms with Crippen LogP contribution in [0, 0.1) is 11.8 Å². The quantitative estimate of drug-likeness (QED) is 0.388. The van der Waals surface area contributed by atoms with Crippen LogP contribution in [-0.4, -0.2) is 36.1 Å². The lowest BCUT2D eigenvalue weighted by Gasteiger charge is -2.32. The SMILES string of the molecule is CCC(CCO)C1=C(C)N(CC2CCC2)/C(=C/C(=O)c2cc(Cl)ccc2OC)S1. The molecule has 1 aromatic carbocycles. The summed E-state index contributed by atoms with van der Waals surface area (Å²) in [6.07, 6.45) is 7.24. The van der Waals surface area contributed by atoms with Crippen molar-refractivity contribution in [1.82, 2.24) is 4.90 Å². The second kappa shape index (κ2) is 10.1. The lowest BCUT2D eigenvalue weighted by atomic mass is 9.85. The van der Waals surface area contributed by atoms with Crippen LogP contribution in [0.4, 0.5) is 0 Å². The zero-order valence-corrected chi connectivity index (χ0v) is 19.0. The monoisotopic (exact) mass is 435 g/mol. The number of hydrogen-bond acceptors (Lipinski definition) is 5. The fraction of sp³-hybridized carbons (Fsp3) is 0.522. The summed E-state index contributed by atoms with van der Waals surface area (Å²) in [5, 5.41) is 11.0. The second-order valence-electron chi connectivity index (χ2n) is 7.77. The van der Waals surface area contributed by atoms with E-state index in [-0.39, 0.29) is 12.4 Å². The van der Waals surface area contributed by atoms with Crippen molar-refractivity contribution in [3.05, 3.63) is 50.5 Å². The van der Waals surface area contributed by atoms with E-state index in [0.29, 0.717) is 28.2 Å². The van der Waals surface area contributed by atoms with Gasteiger partial charge in [0.05, 0.1) is 17.7 Å². The molecule has 0 aromatic heterocycles. The Kier molecular flexibility index (Phi) is 7.72.